The van der Waals surface area contributed by atoms with Gasteiger partial charge in [0.2, 0.25) is 0 Å². The van der Waals surface area contributed by atoms with Crippen LogP contribution in [0.2, 0.25) is 0 Å². The third-order valence-electron chi connectivity index (χ3n) is 20.4. The van der Waals surface area contributed by atoms with E-state index in [2.05, 4.69) is 80.3 Å². The fourth-order valence-corrected chi connectivity index (χ4v) is 18.6. The lowest BCUT2D eigenvalue weighted by Crippen LogP contribution is -2.78. The maximum atomic E-state index is 16.1. The number of benzene rings is 1. The summed E-state index contributed by atoms with van der Waals surface area (Å²) < 4.78 is 0. The summed E-state index contributed by atoms with van der Waals surface area (Å²) in [6, 6.07) is 8.59. The van der Waals surface area contributed by atoms with Crippen molar-refractivity contribution < 1.29 is 30.3 Å². The molecule has 3 spiro atoms. The minimum atomic E-state index is -1.31. The standard InChI is InChI=1S/C50H62O6/c1-43-17-7-6-12-40(54)50-36(26-43)35-25-37(52)42-46(44(35,2)29-48(50,56)21-14-33-11-8-18-47(33,50)28-43)19-13-32-23-30-9-4-5-10-31(30)24-34(32)49(42)22-16-39(53)45(3,41(55)27-51)38(49)15-20-46/h4-5,9-10,14,21,23-25,32-34,36,38-42,51,53-56H,7-8,11,13,15-20,22,26-29H2,1-3H3/t32-,33+,34-,36-,38-,39+,40+,41-,42+,43-,44-,45+,46-,47+,48+,49-,50+/m1/s1. The zero-order valence-corrected chi connectivity index (χ0v) is 33.6. The van der Waals surface area contributed by atoms with Gasteiger partial charge in [0.05, 0.1) is 29.8 Å². The van der Waals surface area contributed by atoms with Crippen molar-refractivity contribution in [1.82, 2.24) is 0 Å². The highest BCUT2D eigenvalue weighted by Gasteiger charge is 2.83. The predicted molar refractivity (Wildman–Crippen MR) is 214 cm³/mol. The van der Waals surface area contributed by atoms with Crippen molar-refractivity contribution in [2.75, 3.05) is 6.61 Å². The average molecular weight is 759 g/mol. The highest BCUT2D eigenvalue weighted by atomic mass is 16.3. The Balaban J connectivity index is 1.19. The van der Waals surface area contributed by atoms with Crippen molar-refractivity contribution in [3.05, 3.63) is 58.5 Å². The molecule has 5 N–H and O–H groups in total. The second-order valence-corrected chi connectivity index (χ2v) is 21.9. The van der Waals surface area contributed by atoms with Crippen LogP contribution in [0.3, 0.4) is 0 Å². The van der Waals surface area contributed by atoms with Gasteiger partial charge >= 0.3 is 0 Å². The molecule has 11 aliphatic carbocycles. The first kappa shape index (κ1) is 36.5. The number of hydrogen-bond donors (Lipinski definition) is 5. The lowest BCUT2D eigenvalue weighted by Gasteiger charge is -2.78. The number of ketones is 1. The largest absolute Gasteiger partial charge is 0.394 e. The van der Waals surface area contributed by atoms with Crippen LogP contribution in [0.15, 0.2) is 48.1 Å². The lowest BCUT2D eigenvalue weighted by atomic mass is 9.26. The van der Waals surface area contributed by atoms with E-state index in [9.17, 15) is 25.5 Å². The molecule has 11 aliphatic rings. The molecule has 0 radical (unpaired) electrons. The zero-order valence-electron chi connectivity index (χ0n) is 33.6. The molecule has 56 heavy (non-hydrogen) atoms. The number of hydrogen-bond acceptors (Lipinski definition) is 6. The fraction of sp³-hybridized carbons (Fsp3) is 0.700. The van der Waals surface area contributed by atoms with Crippen LogP contribution in [0.5, 0.6) is 0 Å². The summed E-state index contributed by atoms with van der Waals surface area (Å²) in [6.07, 6.45) is 20.0. The average Bonchev–Trinajstić information content (AvgIpc) is 3.58. The number of aliphatic hydroxyl groups is 5. The smallest absolute Gasteiger partial charge is 0.159 e. The summed E-state index contributed by atoms with van der Waals surface area (Å²) in [5.41, 5.74) is -3.99. The van der Waals surface area contributed by atoms with Crippen LogP contribution in [-0.4, -0.2) is 61.8 Å². The second kappa shape index (κ2) is 11.4. The molecule has 6 fully saturated rings. The van der Waals surface area contributed by atoms with Crippen LogP contribution in [-0.2, 0) is 4.79 Å². The molecule has 6 nitrogen and oxygen atoms in total. The molecule has 0 amide bonds. The number of rotatable bonds is 2. The summed E-state index contributed by atoms with van der Waals surface area (Å²) in [4.78, 5) is 16.1. The van der Waals surface area contributed by atoms with E-state index in [1.165, 1.54) is 16.0 Å². The summed E-state index contributed by atoms with van der Waals surface area (Å²) in [7, 11) is 0. The van der Waals surface area contributed by atoms with Crippen LogP contribution < -0.4 is 10.4 Å². The van der Waals surface area contributed by atoms with Gasteiger partial charge < -0.3 is 25.5 Å². The van der Waals surface area contributed by atoms with Gasteiger partial charge in [-0.15, -0.1) is 5.92 Å². The molecule has 0 saturated heterocycles. The van der Waals surface area contributed by atoms with Gasteiger partial charge in [0.25, 0.3) is 0 Å². The molecule has 0 aromatic heterocycles. The summed E-state index contributed by atoms with van der Waals surface area (Å²) in [5.74, 6) is 6.65. The predicted octanol–water partition coefficient (Wildman–Crippen LogP) is 5.37. The number of carbonyl (C=O) groups is 1. The van der Waals surface area contributed by atoms with E-state index in [0.29, 0.717) is 19.3 Å². The Bertz CT molecular complexity index is 2160. The van der Waals surface area contributed by atoms with Gasteiger partial charge in [0.1, 0.15) is 6.10 Å². The quantitative estimate of drug-likeness (QED) is 0.205. The van der Waals surface area contributed by atoms with Crippen molar-refractivity contribution >= 4 is 17.9 Å². The van der Waals surface area contributed by atoms with E-state index in [4.69, 9.17) is 0 Å². The molecule has 0 unspecified atom stereocenters. The molecule has 1 aromatic rings. The molecule has 4 bridgehead atoms. The lowest BCUT2D eigenvalue weighted by molar-refractivity contribution is -0.294. The van der Waals surface area contributed by atoms with Gasteiger partial charge in [-0.1, -0.05) is 87.3 Å². The van der Waals surface area contributed by atoms with Gasteiger partial charge in [-0.3, -0.25) is 4.79 Å². The molecule has 0 heterocycles. The third-order valence-corrected chi connectivity index (χ3v) is 20.4. The number of fused-ring (bicyclic) bond motifs is 6. The Morgan fingerprint density at radius 1 is 0.911 bits per heavy atom. The Kier molecular flexibility index (Phi) is 7.43. The molecule has 1 aromatic carbocycles. The Morgan fingerprint density at radius 2 is 1.68 bits per heavy atom. The zero-order chi connectivity index (χ0) is 38.9. The van der Waals surface area contributed by atoms with Crippen molar-refractivity contribution in [2.45, 2.75) is 135 Å². The highest BCUT2D eigenvalue weighted by Crippen LogP contribution is 2.85. The highest BCUT2D eigenvalue weighted by molar-refractivity contribution is 5.96. The van der Waals surface area contributed by atoms with Crippen LogP contribution in [0, 0.1) is 85.3 Å². The van der Waals surface area contributed by atoms with Crippen molar-refractivity contribution in [2.24, 2.45) is 73.4 Å². The summed E-state index contributed by atoms with van der Waals surface area (Å²) in [6.45, 7) is 6.41. The van der Waals surface area contributed by atoms with Gasteiger partial charge in [-0.25, -0.2) is 0 Å². The van der Waals surface area contributed by atoms with Gasteiger partial charge in [-0.05, 0) is 150 Å². The summed E-state index contributed by atoms with van der Waals surface area (Å²) >= 11 is 0. The first-order valence-electron chi connectivity index (χ1n) is 22.3. The van der Waals surface area contributed by atoms with E-state index >= 15 is 4.79 Å². The van der Waals surface area contributed by atoms with E-state index in [1.807, 2.05) is 6.92 Å². The number of carbonyl (C=O) groups excluding carboxylic acids is 1. The molecular formula is C50H62O6. The topological polar surface area (TPSA) is 118 Å². The molecular weight excluding hydrogens is 697 g/mol. The van der Waals surface area contributed by atoms with Gasteiger partial charge in [0, 0.05) is 17.8 Å². The maximum absolute atomic E-state index is 16.1. The molecule has 298 valence electrons. The normalized spacial score (nSPS) is 54.7. The van der Waals surface area contributed by atoms with Crippen LogP contribution >= 0.6 is 0 Å². The van der Waals surface area contributed by atoms with Gasteiger partial charge in [0.15, 0.2) is 5.78 Å². The Hall–Kier alpha value is -2.53. The van der Waals surface area contributed by atoms with E-state index in [1.54, 1.807) is 0 Å². The van der Waals surface area contributed by atoms with E-state index in [-0.39, 0.29) is 52.1 Å². The molecule has 17 atom stereocenters. The van der Waals surface area contributed by atoms with Crippen molar-refractivity contribution in [3.63, 3.8) is 0 Å². The summed E-state index contributed by atoms with van der Waals surface area (Å²) in [5, 5.41) is 63.5. The van der Waals surface area contributed by atoms with Crippen molar-refractivity contribution in [3.8, 4) is 11.8 Å². The van der Waals surface area contributed by atoms with Crippen molar-refractivity contribution in [1.29, 1.82) is 0 Å². The number of aliphatic hydroxyl groups excluding tert-OH is 4. The molecule has 6 heteroatoms. The first-order valence-corrected chi connectivity index (χ1v) is 22.3. The van der Waals surface area contributed by atoms with E-state index < -0.39 is 57.6 Å². The maximum Gasteiger partial charge on any atom is 0.159 e. The molecule has 6 saturated carbocycles. The Morgan fingerprint density at radius 3 is 2.46 bits per heavy atom. The minimum Gasteiger partial charge on any atom is -0.394 e. The van der Waals surface area contributed by atoms with E-state index in [0.717, 1.165) is 70.6 Å². The van der Waals surface area contributed by atoms with Gasteiger partial charge in [-0.2, -0.15) is 0 Å². The second-order valence-electron chi connectivity index (χ2n) is 21.9. The number of allylic oxidation sites excluding steroid dienone is 3. The van der Waals surface area contributed by atoms with Crippen LogP contribution in [0.25, 0.3) is 12.2 Å². The third kappa shape index (κ3) is 3.89. The monoisotopic (exact) mass is 758 g/mol. The molecule has 12 rings (SSSR count). The minimum absolute atomic E-state index is 0.0156. The fourth-order valence-electron chi connectivity index (χ4n) is 18.6. The molecule has 0 aliphatic heterocycles. The Labute approximate surface area is 332 Å². The SMILES string of the molecule is C[C@@]12CCC#C[C@H](O)[C@]34[C@H](C1)C1=CC(=O)[C@@H]5[C@@]67CC[C@H](O)[C@@](C)([C@H](O)CO)[C@H]6CC[C@@]5(CC[C@@H]5C=c6ccccc6=C[C@H]57)[C@]1(C)C[C@@]3(O)C=C[C@@H]1CCC[C@]14C2. The van der Waals surface area contributed by atoms with Crippen LogP contribution in [0.1, 0.15) is 111 Å². The first-order chi connectivity index (χ1) is 26.7. The van der Waals surface area contributed by atoms with Crippen LogP contribution in [0.4, 0.5) is 0 Å².